The van der Waals surface area contributed by atoms with Gasteiger partial charge in [0.25, 0.3) is 0 Å². The largest absolute Gasteiger partial charge is 0.376 e. The van der Waals surface area contributed by atoms with Gasteiger partial charge in [0.15, 0.2) is 0 Å². The highest BCUT2D eigenvalue weighted by Crippen LogP contribution is 2.68. The molecule has 0 radical (unpaired) electrons. The smallest absolute Gasteiger partial charge is 0.0818 e. The van der Waals surface area contributed by atoms with E-state index in [1.807, 2.05) is 0 Å². The zero-order valence-corrected chi connectivity index (χ0v) is 18.9. The van der Waals surface area contributed by atoms with Gasteiger partial charge in [-0.05, 0) is 99.0 Å². The van der Waals surface area contributed by atoms with Crippen molar-refractivity contribution in [1.29, 1.82) is 0 Å². The molecule has 4 bridgehead atoms. The first-order chi connectivity index (χ1) is 14.1. The van der Waals surface area contributed by atoms with E-state index in [1.165, 1.54) is 69.2 Å². The predicted molar refractivity (Wildman–Crippen MR) is 125 cm³/mol. The molecule has 1 aromatic carbocycles. The summed E-state index contributed by atoms with van der Waals surface area (Å²) in [5.41, 5.74) is 8.09. The van der Waals surface area contributed by atoms with Gasteiger partial charge in [0.1, 0.15) is 0 Å². The van der Waals surface area contributed by atoms with Crippen LogP contribution in [0.5, 0.6) is 0 Å². The molecule has 3 N–H and O–H groups in total. The quantitative estimate of drug-likeness (QED) is 0.621. The molecule has 0 aromatic heterocycles. The van der Waals surface area contributed by atoms with Crippen LogP contribution in [0, 0.1) is 29.1 Å². The second kappa shape index (κ2) is 7.64. The molecule has 0 heterocycles. The summed E-state index contributed by atoms with van der Waals surface area (Å²) in [6.07, 6.45) is 13.1. The minimum Gasteiger partial charge on any atom is -0.376 e. The molecule has 6 rings (SSSR count). The maximum Gasteiger partial charge on any atom is 0.0818 e. The van der Waals surface area contributed by atoms with Crippen LogP contribution in [0.4, 0.5) is 0 Å². The summed E-state index contributed by atoms with van der Waals surface area (Å²) >= 11 is 6.22. The lowest BCUT2D eigenvalue weighted by molar-refractivity contribution is -0.0823. The molecule has 158 valence electrons. The van der Waals surface area contributed by atoms with Crippen LogP contribution in [0.2, 0.25) is 0 Å². The lowest BCUT2D eigenvalue weighted by Crippen LogP contribution is -2.62. The van der Waals surface area contributed by atoms with Crippen molar-refractivity contribution in [3.63, 3.8) is 0 Å². The van der Waals surface area contributed by atoms with Crippen molar-refractivity contribution >= 4 is 17.2 Å². The van der Waals surface area contributed by atoms with Gasteiger partial charge >= 0.3 is 0 Å². The second-order valence-electron chi connectivity index (χ2n) is 10.9. The minimum absolute atomic E-state index is 0.243. The van der Waals surface area contributed by atoms with Crippen molar-refractivity contribution in [2.24, 2.45) is 34.8 Å². The van der Waals surface area contributed by atoms with Crippen molar-refractivity contribution in [1.82, 2.24) is 5.32 Å². The number of nitrogens with one attached hydrogen (secondary N) is 1. The Bertz CT molecular complexity index is 720. The molecule has 0 amide bonds. The van der Waals surface area contributed by atoms with Crippen molar-refractivity contribution in [2.75, 3.05) is 6.54 Å². The fraction of sp³-hybridized carbons (Fsp3) is 0.731. The van der Waals surface area contributed by atoms with Gasteiger partial charge in [0.05, 0.1) is 4.99 Å². The van der Waals surface area contributed by atoms with E-state index in [0.717, 1.165) is 30.2 Å². The third-order valence-corrected chi connectivity index (χ3v) is 9.90. The van der Waals surface area contributed by atoms with Gasteiger partial charge in [-0.15, -0.1) is 0 Å². The normalized spacial score (nSPS) is 43.3. The summed E-state index contributed by atoms with van der Waals surface area (Å²) in [4.78, 5) is 1.22. The Labute approximate surface area is 182 Å². The molecule has 0 spiro atoms. The zero-order valence-electron chi connectivity index (χ0n) is 18.0. The second-order valence-corrected chi connectivity index (χ2v) is 11.3. The summed E-state index contributed by atoms with van der Waals surface area (Å²) in [5, 5.41) is 3.91. The van der Waals surface area contributed by atoms with E-state index < -0.39 is 0 Å². The molecule has 3 heteroatoms. The topological polar surface area (TPSA) is 38.0 Å². The first-order valence-electron chi connectivity index (χ1n) is 12.1. The molecule has 29 heavy (non-hydrogen) atoms. The van der Waals surface area contributed by atoms with Crippen LogP contribution in [0.3, 0.4) is 0 Å². The third-order valence-electron chi connectivity index (χ3n) is 9.35. The summed E-state index contributed by atoms with van der Waals surface area (Å²) in [7, 11) is 0. The highest BCUT2D eigenvalue weighted by atomic mass is 32.1. The van der Waals surface area contributed by atoms with Crippen molar-refractivity contribution in [2.45, 2.75) is 82.6 Å². The molecule has 2 atom stereocenters. The molecular formula is C26H38N2S. The average molecular weight is 411 g/mol. The van der Waals surface area contributed by atoms with E-state index >= 15 is 0 Å². The molecular weight excluding hydrogens is 372 g/mol. The SMILES string of the molecule is CCC1C2CC3(C(=S)N[C@H]4CC[C@H](CN)CC4)CC1CC(c1ccccc1)(C2)C3. The van der Waals surface area contributed by atoms with E-state index in [1.54, 1.807) is 5.56 Å². The lowest BCUT2D eigenvalue weighted by Gasteiger charge is -2.65. The molecule has 1 aromatic rings. The highest BCUT2D eigenvalue weighted by Gasteiger charge is 2.62. The van der Waals surface area contributed by atoms with Crippen LogP contribution < -0.4 is 11.1 Å². The van der Waals surface area contributed by atoms with Crippen LogP contribution in [-0.2, 0) is 5.41 Å². The van der Waals surface area contributed by atoms with Crippen molar-refractivity contribution < 1.29 is 0 Å². The Morgan fingerprint density at radius 2 is 1.69 bits per heavy atom. The number of thiocarbonyl (C=S) groups is 1. The molecule has 0 aliphatic heterocycles. The van der Waals surface area contributed by atoms with Crippen molar-refractivity contribution in [3.05, 3.63) is 35.9 Å². The molecule has 5 fully saturated rings. The van der Waals surface area contributed by atoms with E-state index in [9.17, 15) is 0 Å². The summed E-state index contributed by atoms with van der Waals surface area (Å²) in [6, 6.07) is 12.0. The molecule has 0 saturated heterocycles. The third kappa shape index (κ3) is 3.37. The van der Waals surface area contributed by atoms with Crippen LogP contribution in [0.1, 0.15) is 76.7 Å². The van der Waals surface area contributed by atoms with Crippen LogP contribution in [0.25, 0.3) is 0 Å². The fourth-order valence-electron chi connectivity index (χ4n) is 8.19. The average Bonchev–Trinajstić information content (AvgIpc) is 2.74. The zero-order chi connectivity index (χ0) is 20.1. The Morgan fingerprint density at radius 3 is 2.28 bits per heavy atom. The number of hydrogen-bond acceptors (Lipinski definition) is 2. The van der Waals surface area contributed by atoms with Crippen molar-refractivity contribution in [3.8, 4) is 0 Å². The van der Waals surface area contributed by atoms with Crippen LogP contribution in [0.15, 0.2) is 30.3 Å². The van der Waals surface area contributed by atoms with Gasteiger partial charge in [-0.1, -0.05) is 55.9 Å². The molecule has 5 saturated carbocycles. The fourth-order valence-corrected chi connectivity index (χ4v) is 8.59. The van der Waals surface area contributed by atoms with Gasteiger partial charge in [0, 0.05) is 11.5 Å². The maximum atomic E-state index is 6.22. The summed E-state index contributed by atoms with van der Waals surface area (Å²) in [6.45, 7) is 3.27. The Hall–Kier alpha value is -0.930. The van der Waals surface area contributed by atoms with Gasteiger partial charge in [-0.3, -0.25) is 0 Å². The Kier molecular flexibility index (Phi) is 5.27. The minimum atomic E-state index is 0.243. The Balaban J connectivity index is 1.39. The molecule has 2 unspecified atom stereocenters. The van der Waals surface area contributed by atoms with Gasteiger partial charge < -0.3 is 11.1 Å². The number of nitrogens with two attached hydrogens (primary N) is 1. The molecule has 5 aliphatic carbocycles. The van der Waals surface area contributed by atoms with Gasteiger partial charge in [0.2, 0.25) is 0 Å². The molecule has 5 aliphatic rings. The van der Waals surface area contributed by atoms with E-state index in [0.29, 0.717) is 11.5 Å². The predicted octanol–water partition coefficient (Wildman–Crippen LogP) is 5.60. The van der Waals surface area contributed by atoms with Crippen LogP contribution in [-0.4, -0.2) is 17.6 Å². The number of rotatable bonds is 5. The molecule has 2 nitrogen and oxygen atoms in total. The van der Waals surface area contributed by atoms with Gasteiger partial charge in [-0.25, -0.2) is 0 Å². The maximum absolute atomic E-state index is 6.22. The standard InChI is InChI=1S/C26H38N2S/c1-2-23-19-12-25(21-6-4-3-5-7-21)13-20(23)15-26(14-19,17-25)24(29)28-22-10-8-18(16-27)9-11-22/h3-7,18-20,22-23H,2,8-17,27H2,1H3,(H,28,29)/t18-,19?,20?,22-,23?,25?,26?. The number of benzene rings is 1. The summed E-state index contributed by atoms with van der Waals surface area (Å²) in [5.74, 6) is 3.36. The first-order valence-corrected chi connectivity index (χ1v) is 12.5. The number of hydrogen-bond donors (Lipinski definition) is 2. The Morgan fingerprint density at radius 1 is 1.03 bits per heavy atom. The highest BCUT2D eigenvalue weighted by molar-refractivity contribution is 7.80. The first kappa shape index (κ1) is 20.0. The van der Waals surface area contributed by atoms with Crippen LogP contribution >= 0.6 is 12.2 Å². The monoisotopic (exact) mass is 410 g/mol. The lowest BCUT2D eigenvalue weighted by atomic mass is 9.40. The van der Waals surface area contributed by atoms with E-state index in [2.05, 4.69) is 42.6 Å². The summed E-state index contributed by atoms with van der Waals surface area (Å²) < 4.78 is 0. The van der Waals surface area contributed by atoms with E-state index in [4.69, 9.17) is 18.0 Å². The van der Waals surface area contributed by atoms with Gasteiger partial charge in [-0.2, -0.15) is 0 Å². The van der Waals surface area contributed by atoms with E-state index in [-0.39, 0.29) is 5.41 Å².